The molecule has 0 fully saturated rings. The zero-order chi connectivity index (χ0) is 13.7. The number of hydrogen-bond acceptors (Lipinski definition) is 3. The van der Waals surface area contributed by atoms with Crippen LogP contribution in [0.25, 0.3) is 0 Å². The highest BCUT2D eigenvalue weighted by molar-refractivity contribution is 6.31. The number of hydrogen-bond donors (Lipinski definition) is 2. The van der Waals surface area contributed by atoms with Crippen LogP contribution < -0.4 is 5.32 Å². The molecule has 1 aromatic rings. The van der Waals surface area contributed by atoms with Gasteiger partial charge in [0.1, 0.15) is 5.82 Å². The van der Waals surface area contributed by atoms with E-state index < -0.39 is 17.8 Å². The minimum atomic E-state index is -0.938. The number of carbonyl (C=O) groups is 2. The van der Waals surface area contributed by atoms with Crippen LogP contribution in [0.1, 0.15) is 23.7 Å². The molecular weight excluding hydrogens is 261 g/mol. The number of ketones is 1. The van der Waals surface area contributed by atoms with Crippen molar-refractivity contribution in [3.05, 3.63) is 34.6 Å². The Morgan fingerprint density at radius 1 is 1.50 bits per heavy atom. The fraction of sp³-hybridized carbons (Fsp3) is 0.333. The molecule has 6 heteroatoms. The van der Waals surface area contributed by atoms with E-state index in [4.69, 9.17) is 16.7 Å². The smallest absolute Gasteiger partial charge is 0.304 e. The van der Waals surface area contributed by atoms with E-state index in [1.54, 1.807) is 6.92 Å². The van der Waals surface area contributed by atoms with Crippen molar-refractivity contribution in [2.75, 3.05) is 6.54 Å². The second kappa shape index (κ2) is 6.47. The van der Waals surface area contributed by atoms with Gasteiger partial charge in [-0.25, -0.2) is 4.39 Å². The van der Waals surface area contributed by atoms with Crippen LogP contribution in [-0.2, 0) is 4.79 Å². The maximum absolute atomic E-state index is 12.9. The van der Waals surface area contributed by atoms with Crippen LogP contribution in [-0.4, -0.2) is 29.4 Å². The molecule has 98 valence electrons. The van der Waals surface area contributed by atoms with Crippen LogP contribution in [0, 0.1) is 5.82 Å². The summed E-state index contributed by atoms with van der Waals surface area (Å²) in [6.07, 6.45) is -0.0677. The maximum atomic E-state index is 12.9. The van der Waals surface area contributed by atoms with Crippen LogP contribution in [0.2, 0.25) is 5.02 Å². The summed E-state index contributed by atoms with van der Waals surface area (Å²) in [5.41, 5.74) is 0.289. The molecule has 0 aromatic heterocycles. The quantitative estimate of drug-likeness (QED) is 0.779. The number of carboxylic acids is 1. The second-order valence-electron chi connectivity index (χ2n) is 3.81. The van der Waals surface area contributed by atoms with Crippen LogP contribution in [0.4, 0.5) is 4.39 Å². The summed E-state index contributed by atoms with van der Waals surface area (Å²) in [6.45, 7) is 1.80. The Balaban J connectivity index is 2.62. The van der Waals surface area contributed by atoms with E-state index in [0.29, 0.717) is 0 Å². The van der Waals surface area contributed by atoms with Crippen molar-refractivity contribution >= 4 is 23.4 Å². The molecule has 1 unspecified atom stereocenters. The fourth-order valence-corrected chi connectivity index (χ4v) is 1.57. The van der Waals surface area contributed by atoms with Gasteiger partial charge in [0.25, 0.3) is 0 Å². The first-order chi connectivity index (χ1) is 8.41. The van der Waals surface area contributed by atoms with E-state index in [1.165, 1.54) is 12.1 Å². The van der Waals surface area contributed by atoms with Crippen LogP contribution >= 0.6 is 11.6 Å². The highest BCUT2D eigenvalue weighted by Crippen LogP contribution is 2.17. The topological polar surface area (TPSA) is 66.4 Å². The molecule has 4 nitrogen and oxygen atoms in total. The standard InChI is InChI=1S/C12H13ClFNO3/c1-7(15-5-4-11(16)17)12(18)8-2-3-10(14)9(13)6-8/h2-3,6-7,15H,4-5H2,1H3,(H,16,17). The van der Waals surface area contributed by atoms with E-state index in [2.05, 4.69) is 5.32 Å². The van der Waals surface area contributed by atoms with E-state index in [0.717, 1.165) is 6.07 Å². The van der Waals surface area contributed by atoms with Gasteiger partial charge in [-0.05, 0) is 25.1 Å². The van der Waals surface area contributed by atoms with Crippen molar-refractivity contribution in [1.29, 1.82) is 0 Å². The molecule has 1 aromatic carbocycles. The normalized spacial score (nSPS) is 12.2. The van der Waals surface area contributed by atoms with Gasteiger partial charge in [-0.15, -0.1) is 0 Å². The van der Waals surface area contributed by atoms with Gasteiger partial charge in [-0.1, -0.05) is 11.6 Å². The molecular formula is C12H13ClFNO3. The summed E-state index contributed by atoms with van der Waals surface area (Å²) >= 11 is 5.58. The van der Waals surface area contributed by atoms with Gasteiger partial charge >= 0.3 is 5.97 Å². The van der Waals surface area contributed by atoms with Gasteiger partial charge in [0, 0.05) is 12.1 Å². The number of rotatable bonds is 6. The molecule has 0 amide bonds. The molecule has 0 radical (unpaired) electrons. The Hall–Kier alpha value is -1.46. The molecule has 0 aliphatic carbocycles. The molecule has 1 rings (SSSR count). The number of benzene rings is 1. The average molecular weight is 274 g/mol. The van der Waals surface area contributed by atoms with E-state index in [1.807, 2.05) is 0 Å². The average Bonchev–Trinajstić information content (AvgIpc) is 2.31. The van der Waals surface area contributed by atoms with E-state index in [-0.39, 0.29) is 29.3 Å². The third-order valence-electron chi connectivity index (χ3n) is 2.39. The molecule has 0 saturated heterocycles. The summed E-state index contributed by atoms with van der Waals surface area (Å²) in [7, 11) is 0. The molecule has 0 saturated carbocycles. The largest absolute Gasteiger partial charge is 0.481 e. The number of Topliss-reactive ketones (excluding diaryl/α,β-unsaturated/α-hetero) is 1. The first-order valence-corrected chi connectivity index (χ1v) is 5.74. The zero-order valence-electron chi connectivity index (χ0n) is 9.74. The Bertz CT molecular complexity index is 465. The second-order valence-corrected chi connectivity index (χ2v) is 4.22. The number of carbonyl (C=O) groups excluding carboxylic acids is 1. The first kappa shape index (κ1) is 14.6. The zero-order valence-corrected chi connectivity index (χ0v) is 10.5. The van der Waals surface area contributed by atoms with Crippen molar-refractivity contribution in [2.45, 2.75) is 19.4 Å². The predicted octanol–water partition coefficient (Wildman–Crippen LogP) is 2.11. The van der Waals surface area contributed by atoms with Gasteiger partial charge in [0.2, 0.25) is 0 Å². The lowest BCUT2D eigenvalue weighted by Crippen LogP contribution is -2.35. The molecule has 0 aliphatic rings. The summed E-state index contributed by atoms with van der Waals surface area (Å²) in [5, 5.41) is 11.1. The van der Waals surface area contributed by atoms with Gasteiger partial charge in [0.15, 0.2) is 5.78 Å². The molecule has 1 atom stereocenters. The van der Waals surface area contributed by atoms with Crippen molar-refractivity contribution < 1.29 is 19.1 Å². The molecule has 0 spiro atoms. The van der Waals surface area contributed by atoms with E-state index in [9.17, 15) is 14.0 Å². The SMILES string of the molecule is CC(NCCC(=O)O)C(=O)c1ccc(F)c(Cl)c1. The fourth-order valence-electron chi connectivity index (χ4n) is 1.39. The Morgan fingerprint density at radius 2 is 2.17 bits per heavy atom. The molecule has 0 heterocycles. The van der Waals surface area contributed by atoms with E-state index >= 15 is 0 Å². The van der Waals surface area contributed by atoms with Gasteiger partial charge in [-0.3, -0.25) is 9.59 Å². The lowest BCUT2D eigenvalue weighted by Gasteiger charge is -2.12. The van der Waals surface area contributed by atoms with Gasteiger partial charge in [-0.2, -0.15) is 0 Å². The molecule has 0 aliphatic heterocycles. The summed E-state index contributed by atoms with van der Waals surface area (Å²) in [4.78, 5) is 22.2. The van der Waals surface area contributed by atoms with Crippen LogP contribution in [0.5, 0.6) is 0 Å². The minimum absolute atomic E-state index is 0.0677. The predicted molar refractivity (Wildman–Crippen MR) is 65.5 cm³/mol. The van der Waals surface area contributed by atoms with Gasteiger partial charge in [0.05, 0.1) is 17.5 Å². The van der Waals surface area contributed by atoms with Crippen molar-refractivity contribution in [3.8, 4) is 0 Å². The highest BCUT2D eigenvalue weighted by atomic mass is 35.5. The highest BCUT2D eigenvalue weighted by Gasteiger charge is 2.16. The molecule has 2 N–H and O–H groups in total. The number of aliphatic carboxylic acids is 1. The third-order valence-corrected chi connectivity index (χ3v) is 2.68. The lowest BCUT2D eigenvalue weighted by molar-refractivity contribution is -0.136. The Labute approximate surface area is 109 Å². The van der Waals surface area contributed by atoms with Gasteiger partial charge < -0.3 is 10.4 Å². The molecule has 18 heavy (non-hydrogen) atoms. The van der Waals surface area contributed by atoms with Crippen molar-refractivity contribution in [1.82, 2.24) is 5.32 Å². The maximum Gasteiger partial charge on any atom is 0.304 e. The summed E-state index contributed by atoms with van der Waals surface area (Å²) < 4.78 is 12.9. The minimum Gasteiger partial charge on any atom is -0.481 e. The summed E-state index contributed by atoms with van der Waals surface area (Å²) in [6, 6.07) is 3.18. The first-order valence-electron chi connectivity index (χ1n) is 5.36. The van der Waals surface area contributed by atoms with Crippen LogP contribution in [0.3, 0.4) is 0 Å². The Kier molecular flexibility index (Phi) is 5.25. The lowest BCUT2D eigenvalue weighted by atomic mass is 10.1. The number of carboxylic acid groups (broad SMARTS) is 1. The van der Waals surface area contributed by atoms with Crippen LogP contribution in [0.15, 0.2) is 18.2 Å². The molecule has 0 bridgehead atoms. The Morgan fingerprint density at radius 3 is 2.72 bits per heavy atom. The number of nitrogens with one attached hydrogen (secondary N) is 1. The number of halogens is 2. The summed E-state index contributed by atoms with van der Waals surface area (Å²) in [5.74, 6) is -1.78. The monoisotopic (exact) mass is 273 g/mol. The third kappa shape index (κ3) is 4.09. The van der Waals surface area contributed by atoms with Crippen molar-refractivity contribution in [3.63, 3.8) is 0 Å². The van der Waals surface area contributed by atoms with Crippen molar-refractivity contribution in [2.24, 2.45) is 0 Å².